The lowest BCUT2D eigenvalue weighted by atomic mass is 10.1. The van der Waals surface area contributed by atoms with Crippen LogP contribution in [0.5, 0.6) is 5.75 Å². The minimum absolute atomic E-state index is 0.00262. The molecule has 0 saturated heterocycles. The third-order valence-electron chi connectivity index (χ3n) is 4.72. The van der Waals surface area contributed by atoms with E-state index in [1.807, 2.05) is 30.3 Å². The maximum absolute atomic E-state index is 12.6. The Morgan fingerprint density at radius 2 is 1.70 bits per heavy atom. The second-order valence-electron chi connectivity index (χ2n) is 6.98. The average Bonchev–Trinajstić information content (AvgIpc) is 3.32. The lowest BCUT2D eigenvalue weighted by molar-refractivity contribution is -0.384. The molecule has 0 spiro atoms. The molecule has 1 N–H and O–H groups in total. The fourth-order valence-electron chi connectivity index (χ4n) is 3.05. The van der Waals surface area contributed by atoms with Gasteiger partial charge in [-0.1, -0.05) is 42.5 Å². The molecule has 0 aliphatic carbocycles. The number of amides is 1. The number of nitrogens with one attached hydrogen (secondary N) is 1. The van der Waals surface area contributed by atoms with Crippen molar-refractivity contribution in [3.63, 3.8) is 0 Å². The van der Waals surface area contributed by atoms with Crippen molar-refractivity contribution in [2.45, 2.75) is 6.61 Å². The molecule has 4 aromatic rings. The number of rotatable bonds is 8. The van der Waals surface area contributed by atoms with E-state index in [4.69, 9.17) is 9.15 Å². The fraction of sp³-hybridized carbons (Fsp3) is 0.0400. The summed E-state index contributed by atoms with van der Waals surface area (Å²) in [6, 6.07) is 26.0. The fourth-order valence-corrected chi connectivity index (χ4v) is 3.05. The Labute approximate surface area is 189 Å². The van der Waals surface area contributed by atoms with Gasteiger partial charge in [0.25, 0.3) is 11.6 Å². The Kier molecular flexibility index (Phi) is 6.56. The molecule has 0 saturated carbocycles. The van der Waals surface area contributed by atoms with Crippen molar-refractivity contribution in [3.05, 3.63) is 118 Å². The van der Waals surface area contributed by atoms with Crippen molar-refractivity contribution < 1.29 is 18.9 Å². The molecule has 1 amide bonds. The highest BCUT2D eigenvalue weighted by Gasteiger charge is 2.12. The smallest absolute Gasteiger partial charge is 0.275 e. The summed E-state index contributed by atoms with van der Waals surface area (Å²) in [6.07, 6.45) is 1.38. The van der Waals surface area contributed by atoms with Gasteiger partial charge in [0.1, 0.15) is 23.9 Å². The quantitative estimate of drug-likeness (QED) is 0.230. The average molecular weight is 441 g/mol. The van der Waals surface area contributed by atoms with E-state index in [-0.39, 0.29) is 5.69 Å². The molecule has 0 unspecified atom stereocenters. The van der Waals surface area contributed by atoms with E-state index in [1.165, 1.54) is 18.3 Å². The summed E-state index contributed by atoms with van der Waals surface area (Å²) in [5, 5.41) is 14.7. The van der Waals surface area contributed by atoms with Crippen LogP contribution >= 0.6 is 0 Å². The highest BCUT2D eigenvalue weighted by atomic mass is 16.6. The van der Waals surface area contributed by atoms with Gasteiger partial charge in [0.15, 0.2) is 0 Å². The second kappa shape index (κ2) is 10.1. The van der Waals surface area contributed by atoms with Crippen molar-refractivity contribution in [3.8, 4) is 17.1 Å². The van der Waals surface area contributed by atoms with Crippen molar-refractivity contribution in [1.29, 1.82) is 0 Å². The SMILES string of the molecule is O=C(N/N=C/c1ccc(-c2ccc([N+](=O)[O-])cc2)o1)c1ccccc1OCc1ccccc1. The van der Waals surface area contributed by atoms with Crippen LogP contribution in [0.3, 0.4) is 0 Å². The number of ether oxygens (including phenoxy) is 1. The van der Waals surface area contributed by atoms with E-state index in [1.54, 1.807) is 48.5 Å². The number of carbonyl (C=O) groups excluding carboxylic acids is 1. The van der Waals surface area contributed by atoms with Gasteiger partial charge in [0, 0.05) is 17.7 Å². The van der Waals surface area contributed by atoms with E-state index in [0.717, 1.165) is 5.56 Å². The number of nitro groups is 1. The summed E-state index contributed by atoms with van der Waals surface area (Å²) in [5.41, 5.74) is 4.51. The highest BCUT2D eigenvalue weighted by molar-refractivity contribution is 5.97. The molecular formula is C25H19N3O5. The zero-order valence-corrected chi connectivity index (χ0v) is 17.4. The molecule has 0 bridgehead atoms. The summed E-state index contributed by atoms with van der Waals surface area (Å²) >= 11 is 0. The van der Waals surface area contributed by atoms with Crippen LogP contribution in [-0.4, -0.2) is 17.0 Å². The van der Waals surface area contributed by atoms with Crippen LogP contribution < -0.4 is 10.2 Å². The second-order valence-corrected chi connectivity index (χ2v) is 6.98. The first-order chi connectivity index (χ1) is 16.1. The van der Waals surface area contributed by atoms with Gasteiger partial charge in [-0.3, -0.25) is 14.9 Å². The maximum atomic E-state index is 12.6. The van der Waals surface area contributed by atoms with Crippen molar-refractivity contribution in [1.82, 2.24) is 5.43 Å². The summed E-state index contributed by atoms with van der Waals surface area (Å²) < 4.78 is 11.5. The number of carbonyl (C=O) groups is 1. The summed E-state index contributed by atoms with van der Waals surface area (Å²) in [6.45, 7) is 0.340. The minimum atomic E-state index is -0.461. The van der Waals surface area contributed by atoms with Crippen LogP contribution in [0.2, 0.25) is 0 Å². The summed E-state index contributed by atoms with van der Waals surface area (Å²) in [7, 11) is 0. The Hall–Kier alpha value is -4.72. The predicted octanol–water partition coefficient (Wildman–Crippen LogP) is 5.20. The van der Waals surface area contributed by atoms with Gasteiger partial charge in [-0.15, -0.1) is 0 Å². The molecule has 33 heavy (non-hydrogen) atoms. The predicted molar refractivity (Wildman–Crippen MR) is 123 cm³/mol. The number of nitrogens with zero attached hydrogens (tertiary/aromatic N) is 2. The van der Waals surface area contributed by atoms with Crippen LogP contribution in [-0.2, 0) is 6.61 Å². The molecule has 0 fully saturated rings. The number of benzene rings is 3. The normalized spacial score (nSPS) is 10.8. The molecule has 0 aliphatic rings. The van der Waals surface area contributed by atoms with Gasteiger partial charge >= 0.3 is 0 Å². The molecule has 8 heteroatoms. The molecule has 8 nitrogen and oxygen atoms in total. The molecule has 1 aromatic heterocycles. The van der Waals surface area contributed by atoms with E-state index in [2.05, 4.69) is 10.5 Å². The number of furan rings is 1. The van der Waals surface area contributed by atoms with Gasteiger partial charge in [0.05, 0.1) is 16.7 Å². The van der Waals surface area contributed by atoms with Crippen LogP contribution in [0.1, 0.15) is 21.7 Å². The number of hydrogen-bond donors (Lipinski definition) is 1. The molecule has 0 aliphatic heterocycles. The summed E-state index contributed by atoms with van der Waals surface area (Å²) in [4.78, 5) is 22.9. The topological polar surface area (TPSA) is 107 Å². The Morgan fingerprint density at radius 3 is 2.45 bits per heavy atom. The number of nitro benzene ring substituents is 1. The first kappa shape index (κ1) is 21.5. The molecule has 1 heterocycles. The van der Waals surface area contributed by atoms with Crippen molar-refractivity contribution in [2.24, 2.45) is 5.10 Å². The first-order valence-electron chi connectivity index (χ1n) is 10.0. The van der Waals surface area contributed by atoms with Crippen molar-refractivity contribution in [2.75, 3.05) is 0 Å². The number of hydrazone groups is 1. The minimum Gasteiger partial charge on any atom is -0.488 e. The van der Waals surface area contributed by atoms with Gasteiger partial charge in [-0.25, -0.2) is 5.43 Å². The molecular weight excluding hydrogens is 422 g/mol. The number of non-ortho nitro benzene ring substituents is 1. The summed E-state index contributed by atoms with van der Waals surface area (Å²) in [5.74, 6) is 0.971. The van der Waals surface area contributed by atoms with Gasteiger partial charge in [0.2, 0.25) is 0 Å². The molecule has 0 atom stereocenters. The lowest BCUT2D eigenvalue weighted by Gasteiger charge is -2.10. The Bertz CT molecular complexity index is 1280. The number of hydrogen-bond acceptors (Lipinski definition) is 6. The zero-order valence-electron chi connectivity index (χ0n) is 17.4. The molecule has 164 valence electrons. The Morgan fingerprint density at radius 1 is 0.970 bits per heavy atom. The van der Waals surface area contributed by atoms with E-state index >= 15 is 0 Å². The van der Waals surface area contributed by atoms with Gasteiger partial charge in [-0.2, -0.15) is 5.10 Å². The molecule has 0 radical (unpaired) electrons. The molecule has 3 aromatic carbocycles. The van der Waals surface area contributed by atoms with Crippen LogP contribution in [0.15, 0.2) is 101 Å². The Balaban J connectivity index is 1.38. The van der Waals surface area contributed by atoms with E-state index in [0.29, 0.717) is 35.0 Å². The van der Waals surface area contributed by atoms with Crippen molar-refractivity contribution >= 4 is 17.8 Å². The zero-order chi connectivity index (χ0) is 23.0. The monoisotopic (exact) mass is 441 g/mol. The largest absolute Gasteiger partial charge is 0.488 e. The van der Waals surface area contributed by atoms with E-state index in [9.17, 15) is 14.9 Å². The third-order valence-corrected chi connectivity index (χ3v) is 4.72. The highest BCUT2D eigenvalue weighted by Crippen LogP contribution is 2.24. The number of para-hydroxylation sites is 1. The third kappa shape index (κ3) is 5.50. The molecule has 4 rings (SSSR count). The first-order valence-corrected chi connectivity index (χ1v) is 10.0. The van der Waals surface area contributed by atoms with Gasteiger partial charge < -0.3 is 9.15 Å². The van der Waals surface area contributed by atoms with Gasteiger partial charge in [-0.05, 0) is 42.0 Å². The maximum Gasteiger partial charge on any atom is 0.275 e. The van der Waals surface area contributed by atoms with Crippen LogP contribution in [0.25, 0.3) is 11.3 Å². The van der Waals surface area contributed by atoms with E-state index < -0.39 is 10.8 Å². The standard InChI is InChI=1S/C25H19N3O5/c29-25(22-8-4-5-9-24(22)32-17-18-6-2-1-3-7-18)27-26-16-21-14-15-23(33-21)19-10-12-20(13-11-19)28(30)31/h1-16H,17H2,(H,27,29)/b26-16+. The van der Waals surface area contributed by atoms with Crippen LogP contribution in [0.4, 0.5) is 5.69 Å². The lowest BCUT2D eigenvalue weighted by Crippen LogP contribution is -2.18. The van der Waals surface area contributed by atoms with Crippen LogP contribution in [0, 0.1) is 10.1 Å².